The van der Waals surface area contributed by atoms with Gasteiger partial charge in [-0.1, -0.05) is 19.9 Å². The number of aromatic amines is 1. The van der Waals surface area contributed by atoms with E-state index in [-0.39, 0.29) is 5.69 Å². The molecule has 0 amide bonds. The molecule has 0 atom stereocenters. The van der Waals surface area contributed by atoms with Gasteiger partial charge in [0.15, 0.2) is 11.5 Å². The van der Waals surface area contributed by atoms with Gasteiger partial charge in [-0.05, 0) is 36.4 Å². The van der Waals surface area contributed by atoms with E-state index in [0.717, 1.165) is 27.1 Å². The fraction of sp³-hybridized carbons (Fsp3) is 0.211. The third-order valence-corrected chi connectivity index (χ3v) is 5.08. The van der Waals surface area contributed by atoms with Crippen molar-refractivity contribution in [3.05, 3.63) is 52.9 Å². The molecule has 0 bridgehead atoms. The predicted octanol–water partition coefficient (Wildman–Crippen LogP) is 3.75. The lowest BCUT2D eigenvalue weighted by atomic mass is 10.2. The monoisotopic (exact) mass is 366 g/mol. The minimum atomic E-state index is -0.295. The Kier molecular flexibility index (Phi) is 4.16. The van der Waals surface area contributed by atoms with Crippen molar-refractivity contribution in [2.45, 2.75) is 24.0 Å². The van der Waals surface area contributed by atoms with Crippen LogP contribution in [-0.2, 0) is 0 Å². The molecule has 4 aromatic rings. The van der Waals surface area contributed by atoms with E-state index in [2.05, 4.69) is 28.9 Å². The van der Waals surface area contributed by atoms with Crippen LogP contribution in [-0.4, -0.2) is 31.9 Å². The lowest BCUT2D eigenvalue weighted by molar-refractivity contribution is 0.415. The lowest BCUT2D eigenvalue weighted by Gasteiger charge is -2.08. The van der Waals surface area contributed by atoms with Crippen molar-refractivity contribution >= 4 is 28.3 Å². The molecule has 26 heavy (non-hydrogen) atoms. The number of aromatic nitrogens is 4. The van der Waals surface area contributed by atoms with Gasteiger partial charge in [0, 0.05) is 21.1 Å². The van der Waals surface area contributed by atoms with E-state index in [0.29, 0.717) is 16.7 Å². The topological polar surface area (TPSA) is 72.3 Å². The average Bonchev–Trinajstić information content (AvgIpc) is 3.08. The number of thioether (sulfide) groups is 1. The van der Waals surface area contributed by atoms with Gasteiger partial charge in [0.1, 0.15) is 5.75 Å². The molecule has 0 saturated carbocycles. The van der Waals surface area contributed by atoms with E-state index in [9.17, 15) is 4.79 Å². The summed E-state index contributed by atoms with van der Waals surface area (Å²) in [6.45, 7) is 4.25. The summed E-state index contributed by atoms with van der Waals surface area (Å²) in [6.07, 6.45) is 0. The third-order valence-electron chi connectivity index (χ3n) is 4.01. The molecule has 1 N–H and O–H groups in total. The molecule has 0 unspecified atom stereocenters. The molecule has 0 aliphatic heterocycles. The van der Waals surface area contributed by atoms with Crippen molar-refractivity contribution in [2.75, 3.05) is 7.11 Å². The summed E-state index contributed by atoms with van der Waals surface area (Å²) in [5.74, 6) is 1.27. The van der Waals surface area contributed by atoms with Crippen molar-refractivity contribution in [3.8, 4) is 17.1 Å². The van der Waals surface area contributed by atoms with Gasteiger partial charge < -0.3 is 9.72 Å². The Labute approximate surface area is 154 Å². The zero-order valence-corrected chi connectivity index (χ0v) is 15.5. The van der Waals surface area contributed by atoms with Crippen molar-refractivity contribution in [2.24, 2.45) is 0 Å². The van der Waals surface area contributed by atoms with Gasteiger partial charge in [0.05, 0.1) is 12.6 Å². The third kappa shape index (κ3) is 2.84. The highest BCUT2D eigenvalue weighted by molar-refractivity contribution is 8.00. The fourth-order valence-electron chi connectivity index (χ4n) is 2.85. The molecule has 0 radical (unpaired) electrons. The number of fused-ring (bicyclic) bond motifs is 3. The number of benzene rings is 2. The molecule has 132 valence electrons. The van der Waals surface area contributed by atoms with Crippen molar-refractivity contribution in [1.29, 1.82) is 0 Å². The highest BCUT2D eigenvalue weighted by Crippen LogP contribution is 2.30. The summed E-state index contributed by atoms with van der Waals surface area (Å²) >= 11 is 1.71. The van der Waals surface area contributed by atoms with Crippen LogP contribution in [0.2, 0.25) is 0 Å². The Hall–Kier alpha value is -2.80. The number of hydrogen-bond acceptors (Lipinski definition) is 5. The second-order valence-corrected chi connectivity index (χ2v) is 7.79. The summed E-state index contributed by atoms with van der Waals surface area (Å²) in [7, 11) is 1.62. The van der Waals surface area contributed by atoms with E-state index < -0.39 is 0 Å². The van der Waals surface area contributed by atoms with Crippen LogP contribution >= 0.6 is 11.8 Å². The van der Waals surface area contributed by atoms with Crippen LogP contribution in [0.25, 0.3) is 27.9 Å². The molecule has 0 saturated heterocycles. The maximum absolute atomic E-state index is 12.6. The standard InChI is InChI=1S/C19H18N4O2S/c1-11(2)26-15-6-4-5-14-16(15)20-19(24)23-18(14)21-17(22-23)12-7-9-13(25-3)10-8-12/h4-11H,1-3H3,(H,20,24). The van der Waals surface area contributed by atoms with Gasteiger partial charge in [-0.3, -0.25) is 0 Å². The molecule has 0 aliphatic rings. The number of ether oxygens (including phenoxy) is 1. The van der Waals surface area contributed by atoms with Gasteiger partial charge in [0.2, 0.25) is 0 Å². The number of rotatable bonds is 4. The molecule has 6 nitrogen and oxygen atoms in total. The number of nitrogens with zero attached hydrogens (tertiary/aromatic N) is 3. The Morgan fingerprint density at radius 1 is 1.15 bits per heavy atom. The first-order valence-corrected chi connectivity index (χ1v) is 9.17. The van der Waals surface area contributed by atoms with Gasteiger partial charge in [0.25, 0.3) is 0 Å². The molecule has 0 fully saturated rings. The predicted molar refractivity (Wildman–Crippen MR) is 104 cm³/mol. The van der Waals surface area contributed by atoms with E-state index in [1.165, 1.54) is 4.52 Å². The molecule has 4 rings (SSSR count). The van der Waals surface area contributed by atoms with Crippen LogP contribution in [0.15, 0.2) is 52.2 Å². The van der Waals surface area contributed by atoms with Crippen LogP contribution < -0.4 is 10.4 Å². The molecule has 2 aromatic heterocycles. The maximum Gasteiger partial charge on any atom is 0.348 e. The van der Waals surface area contributed by atoms with Crippen molar-refractivity contribution in [1.82, 2.24) is 19.6 Å². The minimum Gasteiger partial charge on any atom is -0.497 e. The normalized spacial score (nSPS) is 11.5. The zero-order chi connectivity index (χ0) is 18.3. The zero-order valence-electron chi connectivity index (χ0n) is 14.7. The number of para-hydroxylation sites is 1. The second-order valence-electron chi connectivity index (χ2n) is 6.17. The molecular formula is C19H18N4O2S. The minimum absolute atomic E-state index is 0.295. The first kappa shape index (κ1) is 16.7. The molecule has 2 aromatic carbocycles. The Morgan fingerprint density at radius 3 is 2.62 bits per heavy atom. The largest absolute Gasteiger partial charge is 0.497 e. The Morgan fingerprint density at radius 2 is 1.92 bits per heavy atom. The van der Waals surface area contributed by atoms with Gasteiger partial charge in [-0.25, -0.2) is 9.78 Å². The molecular weight excluding hydrogens is 348 g/mol. The van der Waals surface area contributed by atoms with Gasteiger partial charge in [-0.15, -0.1) is 16.9 Å². The summed E-state index contributed by atoms with van der Waals surface area (Å²) in [4.78, 5) is 21.2. The van der Waals surface area contributed by atoms with Crippen LogP contribution in [0.3, 0.4) is 0 Å². The molecule has 0 spiro atoms. The van der Waals surface area contributed by atoms with E-state index in [4.69, 9.17) is 4.74 Å². The number of methoxy groups -OCH3 is 1. The smallest absolute Gasteiger partial charge is 0.348 e. The van der Waals surface area contributed by atoms with Gasteiger partial charge in [-0.2, -0.15) is 4.52 Å². The number of hydrogen-bond donors (Lipinski definition) is 1. The highest BCUT2D eigenvalue weighted by atomic mass is 32.2. The quantitative estimate of drug-likeness (QED) is 0.557. The van der Waals surface area contributed by atoms with Crippen LogP contribution in [0.5, 0.6) is 5.75 Å². The molecule has 2 heterocycles. The van der Waals surface area contributed by atoms with Gasteiger partial charge >= 0.3 is 5.69 Å². The maximum atomic E-state index is 12.6. The summed E-state index contributed by atoms with van der Waals surface area (Å²) in [5, 5.41) is 5.68. The highest BCUT2D eigenvalue weighted by Gasteiger charge is 2.14. The lowest BCUT2D eigenvalue weighted by Crippen LogP contribution is -2.17. The SMILES string of the molecule is COc1ccc(-c2nc3c4cccc(SC(C)C)c4[nH]c(=O)n3n2)cc1. The Bertz CT molecular complexity index is 1150. The van der Waals surface area contributed by atoms with E-state index in [1.807, 2.05) is 42.5 Å². The summed E-state index contributed by atoms with van der Waals surface area (Å²) in [6, 6.07) is 13.4. The van der Waals surface area contributed by atoms with E-state index >= 15 is 0 Å². The number of H-pyrrole nitrogens is 1. The van der Waals surface area contributed by atoms with Crippen LogP contribution in [0, 0.1) is 0 Å². The fourth-order valence-corrected chi connectivity index (χ4v) is 3.79. The second kappa shape index (κ2) is 6.49. The van der Waals surface area contributed by atoms with Crippen LogP contribution in [0.4, 0.5) is 0 Å². The summed E-state index contributed by atoms with van der Waals surface area (Å²) < 4.78 is 6.51. The first-order valence-electron chi connectivity index (χ1n) is 8.29. The Balaban J connectivity index is 1.93. The molecule has 0 aliphatic carbocycles. The summed E-state index contributed by atoms with van der Waals surface area (Å²) in [5.41, 5.74) is 1.89. The first-order chi connectivity index (χ1) is 12.6. The number of nitrogens with one attached hydrogen (secondary N) is 1. The van der Waals surface area contributed by atoms with E-state index in [1.54, 1.807) is 18.9 Å². The van der Waals surface area contributed by atoms with Crippen molar-refractivity contribution in [3.63, 3.8) is 0 Å². The van der Waals surface area contributed by atoms with Crippen LogP contribution in [0.1, 0.15) is 13.8 Å². The van der Waals surface area contributed by atoms with Crippen molar-refractivity contribution < 1.29 is 4.74 Å². The average molecular weight is 366 g/mol. The molecule has 7 heteroatoms.